The Morgan fingerprint density at radius 3 is 2.42 bits per heavy atom. The van der Waals surface area contributed by atoms with Gasteiger partial charge >= 0.3 is 13.5 Å². The third kappa shape index (κ3) is 4.54. The number of nitrogens with one attached hydrogen (secondary N) is 1. The first-order valence-electron chi connectivity index (χ1n) is 11.0. The van der Waals surface area contributed by atoms with Crippen molar-refractivity contribution in [3.8, 4) is 21.8 Å². The van der Waals surface area contributed by atoms with Crippen LogP contribution >= 0.6 is 18.9 Å². The summed E-state index contributed by atoms with van der Waals surface area (Å²) >= 11 is 0.935. The molecule has 0 aliphatic carbocycles. The number of thiazole rings is 1. The standard InChI is InChI=1S/C25H22N5O4PS/c1-14-4-9-20(15(2)12-14)35(33,34)29-23-22(25(31)32)36-24(27-23)18-7-5-17(6-8-18)19-13-21-26-16(3)10-11-30(21)28-19/h4-13H,1-3H3,(H,31,32)(H2,29,33,34). The van der Waals surface area contributed by atoms with Crippen molar-refractivity contribution in [3.05, 3.63) is 82.5 Å². The second-order valence-electron chi connectivity index (χ2n) is 8.46. The number of hydrogen-bond acceptors (Lipinski definition) is 6. The van der Waals surface area contributed by atoms with E-state index in [-0.39, 0.29) is 16.0 Å². The molecule has 0 saturated heterocycles. The van der Waals surface area contributed by atoms with E-state index in [0.717, 1.165) is 39.5 Å². The van der Waals surface area contributed by atoms with E-state index < -0.39 is 13.5 Å². The number of carboxylic acids is 1. The Bertz CT molecular complexity index is 1680. The summed E-state index contributed by atoms with van der Waals surface area (Å²) in [5, 5.41) is 17.4. The number of aromatic carboxylic acids is 1. The van der Waals surface area contributed by atoms with Crippen LogP contribution in [0.25, 0.3) is 27.5 Å². The Labute approximate surface area is 210 Å². The van der Waals surface area contributed by atoms with Crippen LogP contribution in [0, 0.1) is 20.8 Å². The van der Waals surface area contributed by atoms with Crippen LogP contribution in [0.1, 0.15) is 26.5 Å². The SMILES string of the molecule is Cc1ccc(P(=O)(O)Nc2nc(-c3ccc(-c4cc5nc(C)ccn5n4)cc3)sc2C(=O)O)c(C)c1. The maximum atomic E-state index is 13.1. The first-order chi connectivity index (χ1) is 17.1. The van der Waals surface area contributed by atoms with Gasteiger partial charge in [0.1, 0.15) is 5.01 Å². The summed E-state index contributed by atoms with van der Waals surface area (Å²) < 4.78 is 14.8. The van der Waals surface area contributed by atoms with Gasteiger partial charge in [0.05, 0.1) is 11.0 Å². The molecule has 0 fully saturated rings. The zero-order chi connectivity index (χ0) is 25.6. The molecule has 3 aromatic heterocycles. The molecular formula is C25H22N5O4PS. The zero-order valence-corrected chi connectivity index (χ0v) is 21.3. The Morgan fingerprint density at radius 2 is 1.72 bits per heavy atom. The lowest BCUT2D eigenvalue weighted by Crippen LogP contribution is -2.15. The lowest BCUT2D eigenvalue weighted by molar-refractivity contribution is 0.0703. The maximum absolute atomic E-state index is 13.1. The fraction of sp³-hybridized carbons (Fsp3) is 0.120. The van der Waals surface area contributed by atoms with Gasteiger partial charge in [-0.25, -0.2) is 19.3 Å². The third-order valence-corrected chi connectivity index (χ3v) is 8.41. The summed E-state index contributed by atoms with van der Waals surface area (Å²) in [6, 6.07) is 16.2. The van der Waals surface area contributed by atoms with Crippen molar-refractivity contribution >= 4 is 41.6 Å². The van der Waals surface area contributed by atoms with Gasteiger partial charge in [0.2, 0.25) is 0 Å². The van der Waals surface area contributed by atoms with Crippen LogP contribution in [0.5, 0.6) is 0 Å². The lowest BCUT2D eigenvalue weighted by Gasteiger charge is -2.16. The van der Waals surface area contributed by atoms with E-state index in [0.29, 0.717) is 16.1 Å². The molecule has 0 aliphatic heterocycles. The molecule has 1 unspecified atom stereocenters. The van der Waals surface area contributed by atoms with E-state index in [1.807, 2.05) is 56.4 Å². The first kappa shape index (κ1) is 23.9. The molecule has 5 aromatic rings. The smallest absolute Gasteiger partial charge is 0.349 e. The number of carboxylic acid groups (broad SMARTS) is 1. The Morgan fingerprint density at radius 1 is 1.00 bits per heavy atom. The van der Waals surface area contributed by atoms with Crippen molar-refractivity contribution in [2.45, 2.75) is 20.8 Å². The average molecular weight is 520 g/mol. The molecular weight excluding hydrogens is 497 g/mol. The predicted molar refractivity (Wildman–Crippen MR) is 140 cm³/mol. The summed E-state index contributed by atoms with van der Waals surface area (Å²) in [7, 11) is -4.12. The second kappa shape index (κ2) is 8.98. The fourth-order valence-corrected chi connectivity index (χ4v) is 6.24. The number of benzene rings is 2. The number of anilines is 1. The van der Waals surface area contributed by atoms with Gasteiger partial charge in [-0.1, -0.05) is 42.0 Å². The quantitative estimate of drug-likeness (QED) is 0.265. The molecule has 5 rings (SSSR count). The van der Waals surface area contributed by atoms with Gasteiger partial charge in [0.15, 0.2) is 16.3 Å². The lowest BCUT2D eigenvalue weighted by atomic mass is 10.1. The molecule has 3 N–H and O–H groups in total. The molecule has 2 aromatic carbocycles. The maximum Gasteiger partial charge on any atom is 0.349 e. The summed E-state index contributed by atoms with van der Waals surface area (Å²) in [5.74, 6) is -1.37. The van der Waals surface area contributed by atoms with Crippen molar-refractivity contribution in [1.29, 1.82) is 0 Å². The van der Waals surface area contributed by atoms with Crippen LogP contribution < -0.4 is 10.4 Å². The Balaban J connectivity index is 1.46. The molecule has 0 aliphatic rings. The third-order valence-electron chi connectivity index (χ3n) is 5.65. The summed E-state index contributed by atoms with van der Waals surface area (Å²) in [4.78, 5) is 31.3. The van der Waals surface area contributed by atoms with Crippen LogP contribution in [0.2, 0.25) is 0 Å². The Hall–Kier alpha value is -3.85. The Kier molecular flexibility index (Phi) is 5.96. The predicted octanol–water partition coefficient (Wildman–Crippen LogP) is 5.07. The number of nitrogens with zero attached hydrogens (tertiary/aromatic N) is 4. The van der Waals surface area contributed by atoms with Crippen LogP contribution in [-0.2, 0) is 4.57 Å². The molecule has 36 heavy (non-hydrogen) atoms. The number of hydrogen-bond donors (Lipinski definition) is 3. The molecule has 0 spiro atoms. The van der Waals surface area contributed by atoms with E-state index in [1.54, 1.807) is 29.6 Å². The van der Waals surface area contributed by atoms with E-state index in [4.69, 9.17) is 0 Å². The number of carbonyl (C=O) groups is 1. The van der Waals surface area contributed by atoms with E-state index >= 15 is 0 Å². The normalized spacial score (nSPS) is 13.0. The van der Waals surface area contributed by atoms with Crippen LogP contribution in [-0.4, -0.2) is 35.6 Å². The second-order valence-corrected chi connectivity index (χ2v) is 11.3. The topological polar surface area (TPSA) is 130 Å². The van der Waals surface area contributed by atoms with Gasteiger partial charge in [-0.15, -0.1) is 11.3 Å². The van der Waals surface area contributed by atoms with Gasteiger partial charge < -0.3 is 10.00 Å². The van der Waals surface area contributed by atoms with Crippen LogP contribution in [0.15, 0.2) is 60.8 Å². The van der Waals surface area contributed by atoms with Gasteiger partial charge in [-0.2, -0.15) is 5.10 Å². The minimum atomic E-state index is -4.12. The number of fused-ring (bicyclic) bond motifs is 1. The monoisotopic (exact) mass is 519 g/mol. The number of aromatic nitrogens is 4. The highest BCUT2D eigenvalue weighted by molar-refractivity contribution is 7.67. The summed E-state index contributed by atoms with van der Waals surface area (Å²) in [6.45, 7) is 5.54. The van der Waals surface area contributed by atoms with Crippen molar-refractivity contribution in [2.75, 3.05) is 5.09 Å². The van der Waals surface area contributed by atoms with Gasteiger partial charge in [0.25, 0.3) is 0 Å². The summed E-state index contributed by atoms with van der Waals surface area (Å²) in [5.41, 5.74) is 5.53. The summed E-state index contributed by atoms with van der Waals surface area (Å²) in [6.07, 6.45) is 1.85. The van der Waals surface area contributed by atoms with Gasteiger partial charge in [-0.3, -0.25) is 9.65 Å². The van der Waals surface area contributed by atoms with Crippen molar-refractivity contribution in [1.82, 2.24) is 19.6 Å². The van der Waals surface area contributed by atoms with Crippen molar-refractivity contribution < 1.29 is 19.4 Å². The minimum Gasteiger partial charge on any atom is -0.477 e. The minimum absolute atomic E-state index is 0.140. The van der Waals surface area contributed by atoms with Gasteiger partial charge in [-0.05, 0) is 38.5 Å². The molecule has 3 heterocycles. The number of aryl methyl sites for hydroxylation is 3. The van der Waals surface area contributed by atoms with Crippen molar-refractivity contribution in [3.63, 3.8) is 0 Å². The van der Waals surface area contributed by atoms with E-state index in [2.05, 4.69) is 20.2 Å². The van der Waals surface area contributed by atoms with Crippen LogP contribution in [0.4, 0.5) is 5.82 Å². The highest BCUT2D eigenvalue weighted by Gasteiger charge is 2.28. The molecule has 182 valence electrons. The van der Waals surface area contributed by atoms with E-state index in [9.17, 15) is 19.4 Å². The molecule has 0 saturated carbocycles. The van der Waals surface area contributed by atoms with Crippen molar-refractivity contribution in [2.24, 2.45) is 0 Å². The highest BCUT2D eigenvalue weighted by Crippen LogP contribution is 2.43. The largest absolute Gasteiger partial charge is 0.477 e. The van der Waals surface area contributed by atoms with Crippen LogP contribution in [0.3, 0.4) is 0 Å². The molecule has 9 nitrogen and oxygen atoms in total. The average Bonchev–Trinajstić information content (AvgIpc) is 3.42. The molecule has 11 heteroatoms. The van der Waals surface area contributed by atoms with Gasteiger partial charge in [0, 0.05) is 29.1 Å². The number of rotatable bonds is 6. The molecule has 0 radical (unpaired) electrons. The first-order valence-corrected chi connectivity index (χ1v) is 13.5. The zero-order valence-electron chi connectivity index (χ0n) is 19.6. The molecule has 1 atom stereocenters. The molecule has 0 amide bonds. The molecule has 0 bridgehead atoms. The highest BCUT2D eigenvalue weighted by atomic mass is 32.1. The fourth-order valence-electron chi connectivity index (χ4n) is 3.91. The van der Waals surface area contributed by atoms with E-state index in [1.165, 1.54) is 0 Å².